The molecule has 32 heavy (non-hydrogen) atoms. The minimum Gasteiger partial charge on any atom is -0.385 e. The van der Waals surface area contributed by atoms with Gasteiger partial charge in [-0.05, 0) is 66.6 Å². The van der Waals surface area contributed by atoms with Crippen LogP contribution in [0.1, 0.15) is 17.5 Å². The molecule has 0 bridgehead atoms. The lowest BCUT2D eigenvalue weighted by molar-refractivity contribution is -0.122. The van der Waals surface area contributed by atoms with E-state index in [2.05, 4.69) is 30.0 Å². The van der Waals surface area contributed by atoms with E-state index in [-0.39, 0.29) is 5.91 Å². The number of hydrogen-bond acceptors (Lipinski definition) is 6. The van der Waals surface area contributed by atoms with E-state index in [1.165, 1.54) is 17.4 Å². The zero-order valence-electron chi connectivity index (χ0n) is 18.6. The zero-order chi connectivity index (χ0) is 22.3. The molecule has 168 valence electrons. The first-order valence-corrected chi connectivity index (χ1v) is 11.7. The predicted octanol–water partition coefficient (Wildman–Crippen LogP) is 4.47. The topological polar surface area (TPSA) is 54.4 Å². The number of carbonyl (C=O) groups excluding carboxylic acids is 1. The highest BCUT2D eigenvalue weighted by Gasteiger charge is 2.33. The lowest BCUT2D eigenvalue weighted by Crippen LogP contribution is -2.36. The van der Waals surface area contributed by atoms with Crippen molar-refractivity contribution in [3.05, 3.63) is 64.6 Å². The molecule has 7 heteroatoms. The molecule has 2 aliphatic rings. The second-order valence-electron chi connectivity index (χ2n) is 7.78. The number of thioether (sulfide) groups is 1. The van der Waals surface area contributed by atoms with Gasteiger partial charge in [-0.1, -0.05) is 24.3 Å². The van der Waals surface area contributed by atoms with Gasteiger partial charge in [0.05, 0.1) is 23.8 Å². The van der Waals surface area contributed by atoms with Crippen LogP contribution < -0.4 is 4.90 Å². The number of morpholine rings is 1. The highest BCUT2D eigenvalue weighted by Crippen LogP contribution is 2.35. The number of amidine groups is 1. The number of benzene rings is 2. The normalized spacial score (nSPS) is 19.4. The molecule has 2 saturated heterocycles. The van der Waals surface area contributed by atoms with Crippen LogP contribution in [0.15, 0.2) is 58.4 Å². The number of carbonyl (C=O) groups is 1. The maximum atomic E-state index is 13.2. The largest absolute Gasteiger partial charge is 0.385 e. The summed E-state index contributed by atoms with van der Waals surface area (Å²) >= 11 is 1.44. The summed E-state index contributed by atoms with van der Waals surface area (Å²) in [5.74, 6) is -0.00237. The van der Waals surface area contributed by atoms with Gasteiger partial charge in [-0.25, -0.2) is 4.99 Å². The van der Waals surface area contributed by atoms with Crippen molar-refractivity contribution in [3.8, 4) is 0 Å². The average molecular weight is 452 g/mol. The van der Waals surface area contributed by atoms with Gasteiger partial charge in [-0.2, -0.15) is 0 Å². The van der Waals surface area contributed by atoms with Gasteiger partial charge in [0.25, 0.3) is 5.91 Å². The smallest absolute Gasteiger partial charge is 0.266 e. The van der Waals surface area contributed by atoms with E-state index in [1.807, 2.05) is 36.4 Å². The molecular weight excluding hydrogens is 422 g/mol. The van der Waals surface area contributed by atoms with E-state index in [0.717, 1.165) is 49.5 Å². The number of para-hydroxylation sites is 1. The van der Waals surface area contributed by atoms with Gasteiger partial charge in [0.15, 0.2) is 5.17 Å². The number of methoxy groups -OCH3 is 1. The molecule has 2 aromatic rings. The summed E-state index contributed by atoms with van der Waals surface area (Å²) in [4.78, 5) is 22.8. The monoisotopic (exact) mass is 451 g/mol. The summed E-state index contributed by atoms with van der Waals surface area (Å²) in [6.45, 7) is 6.62. The molecule has 0 spiro atoms. The quantitative estimate of drug-likeness (QED) is 0.459. The number of aliphatic imine (C=N–C) groups is 1. The van der Waals surface area contributed by atoms with Crippen molar-refractivity contribution < 1.29 is 14.3 Å². The summed E-state index contributed by atoms with van der Waals surface area (Å²) in [5.41, 5.74) is 4.24. The van der Waals surface area contributed by atoms with Gasteiger partial charge < -0.3 is 14.4 Å². The van der Waals surface area contributed by atoms with Crippen molar-refractivity contribution in [1.29, 1.82) is 0 Å². The number of amides is 1. The Labute approximate surface area is 193 Å². The number of rotatable bonds is 7. The third kappa shape index (κ3) is 5.41. The third-order valence-corrected chi connectivity index (χ3v) is 6.52. The Morgan fingerprint density at radius 1 is 1.16 bits per heavy atom. The van der Waals surface area contributed by atoms with E-state index >= 15 is 0 Å². The molecule has 2 heterocycles. The fraction of sp³-hybridized carbons (Fsp3) is 0.360. The summed E-state index contributed by atoms with van der Waals surface area (Å²) < 4.78 is 10.6. The van der Waals surface area contributed by atoms with Gasteiger partial charge in [-0.15, -0.1) is 0 Å². The molecular formula is C25H29N3O3S. The molecule has 0 unspecified atom stereocenters. The number of hydrogen-bond donors (Lipinski definition) is 0. The summed E-state index contributed by atoms with van der Waals surface area (Å²) in [5, 5.41) is 0.714. The molecule has 6 nitrogen and oxygen atoms in total. The summed E-state index contributed by atoms with van der Waals surface area (Å²) in [6.07, 6.45) is 2.75. The van der Waals surface area contributed by atoms with E-state index < -0.39 is 0 Å². The van der Waals surface area contributed by atoms with Crippen molar-refractivity contribution >= 4 is 40.3 Å². The predicted molar refractivity (Wildman–Crippen MR) is 132 cm³/mol. The van der Waals surface area contributed by atoms with Crippen molar-refractivity contribution in [2.45, 2.75) is 13.3 Å². The minimum atomic E-state index is -0.00237. The van der Waals surface area contributed by atoms with E-state index in [0.29, 0.717) is 23.2 Å². The fourth-order valence-corrected chi connectivity index (χ4v) is 4.77. The molecule has 0 aromatic heterocycles. The molecule has 1 amide bonds. The van der Waals surface area contributed by atoms with Crippen LogP contribution in [0.2, 0.25) is 0 Å². The van der Waals surface area contributed by atoms with Crippen molar-refractivity contribution in [3.63, 3.8) is 0 Å². The van der Waals surface area contributed by atoms with Gasteiger partial charge in [-0.3, -0.25) is 9.69 Å². The second kappa shape index (κ2) is 10.8. The molecule has 2 fully saturated rings. The van der Waals surface area contributed by atoms with Gasteiger partial charge in [0, 0.05) is 39.0 Å². The Morgan fingerprint density at radius 2 is 1.94 bits per heavy atom. The first-order valence-electron chi connectivity index (χ1n) is 10.9. The molecule has 2 aromatic carbocycles. The standard InChI is InChI=1S/C25H29N3O3S/c1-19-17-22(27-12-15-31-16-13-27)10-9-20(19)18-23-24(29)28(11-6-14-30-2)25(32-23)26-21-7-4-3-5-8-21/h3-5,7-10,17-18H,6,11-16H2,1-2H3/b23-18-,26-25?. The molecule has 0 radical (unpaired) electrons. The molecule has 0 saturated carbocycles. The number of nitrogens with zero attached hydrogens (tertiary/aromatic N) is 3. The zero-order valence-corrected chi connectivity index (χ0v) is 19.4. The SMILES string of the molecule is COCCCN1C(=O)/C(=C/c2ccc(N3CCOCC3)cc2C)SC1=Nc1ccccc1. The van der Waals surface area contributed by atoms with Crippen LogP contribution >= 0.6 is 11.8 Å². The van der Waals surface area contributed by atoms with Crippen molar-refractivity contribution in [2.75, 3.05) is 51.5 Å². The van der Waals surface area contributed by atoms with Gasteiger partial charge in [0.1, 0.15) is 0 Å². The fourth-order valence-electron chi connectivity index (χ4n) is 3.75. The van der Waals surface area contributed by atoms with Crippen LogP contribution in [0.25, 0.3) is 6.08 Å². The second-order valence-corrected chi connectivity index (χ2v) is 8.79. The minimum absolute atomic E-state index is 0.00237. The molecule has 4 rings (SSSR count). The highest BCUT2D eigenvalue weighted by atomic mass is 32.2. The van der Waals surface area contributed by atoms with E-state index in [9.17, 15) is 4.79 Å². The van der Waals surface area contributed by atoms with Crippen LogP contribution in [0, 0.1) is 6.92 Å². The van der Waals surface area contributed by atoms with E-state index in [1.54, 1.807) is 12.0 Å². The Bertz CT molecular complexity index is 1000. The number of anilines is 1. The first-order chi connectivity index (χ1) is 15.7. The number of aryl methyl sites for hydroxylation is 1. The Balaban J connectivity index is 1.58. The molecule has 0 aliphatic carbocycles. The molecule has 2 aliphatic heterocycles. The van der Waals surface area contributed by atoms with Gasteiger partial charge in [0.2, 0.25) is 0 Å². The Morgan fingerprint density at radius 3 is 2.66 bits per heavy atom. The van der Waals surface area contributed by atoms with Crippen LogP contribution in [0.5, 0.6) is 0 Å². The lowest BCUT2D eigenvalue weighted by Gasteiger charge is -2.29. The molecule has 0 N–H and O–H groups in total. The van der Waals surface area contributed by atoms with Crippen LogP contribution in [-0.4, -0.2) is 62.5 Å². The maximum Gasteiger partial charge on any atom is 0.266 e. The average Bonchev–Trinajstić information content (AvgIpc) is 3.10. The first kappa shape index (κ1) is 22.6. The summed E-state index contributed by atoms with van der Waals surface area (Å²) in [7, 11) is 1.67. The lowest BCUT2D eigenvalue weighted by atomic mass is 10.1. The van der Waals surface area contributed by atoms with Crippen molar-refractivity contribution in [1.82, 2.24) is 4.90 Å². The number of ether oxygens (including phenoxy) is 2. The van der Waals surface area contributed by atoms with Crippen LogP contribution in [-0.2, 0) is 14.3 Å². The van der Waals surface area contributed by atoms with Crippen LogP contribution in [0.3, 0.4) is 0 Å². The van der Waals surface area contributed by atoms with Crippen molar-refractivity contribution in [2.24, 2.45) is 4.99 Å². The van der Waals surface area contributed by atoms with Gasteiger partial charge >= 0.3 is 0 Å². The van der Waals surface area contributed by atoms with Crippen LogP contribution in [0.4, 0.5) is 11.4 Å². The Kier molecular flexibility index (Phi) is 7.63. The van der Waals surface area contributed by atoms with E-state index in [4.69, 9.17) is 14.5 Å². The highest BCUT2D eigenvalue weighted by molar-refractivity contribution is 8.18. The molecule has 0 atom stereocenters. The third-order valence-electron chi connectivity index (χ3n) is 5.52. The Hall–Kier alpha value is -2.61. The maximum absolute atomic E-state index is 13.2. The summed E-state index contributed by atoms with van der Waals surface area (Å²) in [6, 6.07) is 16.2.